The Morgan fingerprint density at radius 1 is 1.12 bits per heavy atom. The molecule has 2 heterocycles. The zero-order valence-corrected chi connectivity index (χ0v) is 14.8. The highest BCUT2D eigenvalue weighted by molar-refractivity contribution is 6.30. The van der Waals surface area contributed by atoms with E-state index in [9.17, 15) is 4.79 Å². The molecule has 1 saturated heterocycles. The average Bonchev–Trinajstić information content (AvgIpc) is 3.15. The number of esters is 1. The number of carbonyl (C=O) groups excluding carboxylic acids is 1. The van der Waals surface area contributed by atoms with E-state index in [0.717, 1.165) is 22.2 Å². The molecule has 1 aromatic heterocycles. The van der Waals surface area contributed by atoms with Gasteiger partial charge in [-0.2, -0.15) is 15.4 Å². The molecule has 0 amide bonds. The van der Waals surface area contributed by atoms with Crippen LogP contribution in [0, 0.1) is 0 Å². The number of hydrogen-bond donors (Lipinski definition) is 1. The first kappa shape index (κ1) is 17.0. The van der Waals surface area contributed by atoms with Crippen LogP contribution < -0.4 is 0 Å². The van der Waals surface area contributed by atoms with E-state index < -0.39 is 5.41 Å². The number of nitrogens with zero attached hydrogens (tertiary/aromatic N) is 2. The van der Waals surface area contributed by atoms with Crippen molar-refractivity contribution in [1.29, 1.82) is 0 Å². The van der Waals surface area contributed by atoms with E-state index in [1.807, 2.05) is 30.3 Å². The summed E-state index contributed by atoms with van der Waals surface area (Å²) >= 11 is 6.00. The molecule has 4 rings (SSSR count). The molecule has 2 aromatic carbocycles. The van der Waals surface area contributed by atoms with E-state index in [1.165, 1.54) is 0 Å². The van der Waals surface area contributed by atoms with Crippen molar-refractivity contribution in [2.24, 2.45) is 0 Å². The lowest BCUT2D eigenvalue weighted by molar-refractivity contribution is -0.156. The molecule has 26 heavy (non-hydrogen) atoms. The van der Waals surface area contributed by atoms with Crippen LogP contribution in [0.25, 0.3) is 11.0 Å². The average molecular weight is 372 g/mol. The Labute approximate surface area is 155 Å². The van der Waals surface area contributed by atoms with Gasteiger partial charge in [0.15, 0.2) is 0 Å². The van der Waals surface area contributed by atoms with Gasteiger partial charge in [0, 0.05) is 18.2 Å². The number of halogens is 1. The number of hydrogen-bond acceptors (Lipinski definition) is 5. The molecule has 0 spiro atoms. The maximum Gasteiger partial charge on any atom is 0.317 e. The van der Waals surface area contributed by atoms with Gasteiger partial charge in [-0.1, -0.05) is 29.8 Å². The van der Waals surface area contributed by atoms with Crippen molar-refractivity contribution in [3.8, 4) is 0 Å². The van der Waals surface area contributed by atoms with Crippen LogP contribution in [0.1, 0.15) is 24.0 Å². The standard InChI is InChI=1S/C19H18ClN3O3/c20-15-4-2-14(3-5-15)19(7-9-25-10-8-19)18(24)26-12-13-1-6-16-17(11-13)22-23-21-16/h1-6,11H,7-10,12H2,(H,21,22,23). The summed E-state index contributed by atoms with van der Waals surface area (Å²) < 4.78 is 11.2. The topological polar surface area (TPSA) is 77.1 Å². The molecule has 0 radical (unpaired) electrons. The fourth-order valence-corrected chi connectivity index (χ4v) is 3.49. The maximum atomic E-state index is 13.0. The van der Waals surface area contributed by atoms with Crippen molar-refractivity contribution in [2.45, 2.75) is 24.9 Å². The van der Waals surface area contributed by atoms with Gasteiger partial charge in [0.05, 0.1) is 5.41 Å². The van der Waals surface area contributed by atoms with E-state index in [1.54, 1.807) is 12.1 Å². The summed E-state index contributed by atoms with van der Waals surface area (Å²) in [6.07, 6.45) is 1.19. The Balaban J connectivity index is 1.55. The molecule has 7 heteroatoms. The number of aromatic nitrogens is 3. The molecule has 3 aromatic rings. The Kier molecular flexibility index (Phi) is 4.61. The Morgan fingerprint density at radius 2 is 1.85 bits per heavy atom. The second kappa shape index (κ2) is 7.05. The van der Waals surface area contributed by atoms with Crippen LogP contribution in [0.4, 0.5) is 0 Å². The first-order valence-corrected chi connectivity index (χ1v) is 8.86. The highest BCUT2D eigenvalue weighted by atomic mass is 35.5. The molecule has 6 nitrogen and oxygen atoms in total. The van der Waals surface area contributed by atoms with Crippen molar-refractivity contribution in [1.82, 2.24) is 15.4 Å². The van der Waals surface area contributed by atoms with Gasteiger partial charge in [-0.3, -0.25) is 4.79 Å². The van der Waals surface area contributed by atoms with Crippen LogP contribution >= 0.6 is 11.6 Å². The molecule has 1 N–H and O–H groups in total. The summed E-state index contributed by atoms with van der Waals surface area (Å²) in [5, 5.41) is 11.3. The number of ether oxygens (including phenoxy) is 2. The van der Waals surface area contributed by atoms with Crippen LogP contribution in [-0.2, 0) is 26.3 Å². The number of fused-ring (bicyclic) bond motifs is 1. The van der Waals surface area contributed by atoms with Crippen LogP contribution in [0.5, 0.6) is 0 Å². The number of aromatic amines is 1. The second-order valence-electron chi connectivity index (χ2n) is 6.42. The minimum Gasteiger partial charge on any atom is -0.460 e. The summed E-state index contributed by atoms with van der Waals surface area (Å²) in [6.45, 7) is 1.25. The van der Waals surface area contributed by atoms with E-state index in [2.05, 4.69) is 15.4 Å². The fourth-order valence-electron chi connectivity index (χ4n) is 3.36. The molecule has 1 aliphatic heterocycles. The van der Waals surface area contributed by atoms with Gasteiger partial charge in [0.2, 0.25) is 0 Å². The lowest BCUT2D eigenvalue weighted by Gasteiger charge is -2.35. The highest BCUT2D eigenvalue weighted by Gasteiger charge is 2.43. The minimum absolute atomic E-state index is 0.192. The Hall–Kier alpha value is -2.44. The number of nitrogens with one attached hydrogen (secondary N) is 1. The van der Waals surface area contributed by atoms with Gasteiger partial charge in [-0.05, 0) is 48.2 Å². The van der Waals surface area contributed by atoms with Gasteiger partial charge < -0.3 is 9.47 Å². The molecule has 0 aliphatic carbocycles. The largest absolute Gasteiger partial charge is 0.460 e. The second-order valence-corrected chi connectivity index (χ2v) is 6.86. The first-order valence-electron chi connectivity index (χ1n) is 8.48. The highest BCUT2D eigenvalue weighted by Crippen LogP contribution is 2.37. The van der Waals surface area contributed by atoms with Crippen molar-refractivity contribution < 1.29 is 14.3 Å². The first-order chi connectivity index (χ1) is 12.7. The molecule has 1 aliphatic rings. The number of carbonyl (C=O) groups is 1. The smallest absolute Gasteiger partial charge is 0.317 e. The predicted octanol–water partition coefficient (Wildman–Crippen LogP) is 3.40. The number of H-pyrrole nitrogens is 1. The van der Waals surface area contributed by atoms with Crippen molar-refractivity contribution in [3.05, 3.63) is 58.6 Å². The quantitative estimate of drug-likeness (QED) is 0.711. The predicted molar refractivity (Wildman–Crippen MR) is 96.9 cm³/mol. The van der Waals surface area contributed by atoms with Gasteiger partial charge in [-0.15, -0.1) is 0 Å². The molecule has 0 unspecified atom stereocenters. The Bertz CT molecular complexity index is 917. The minimum atomic E-state index is -0.694. The van der Waals surface area contributed by atoms with E-state index in [0.29, 0.717) is 31.1 Å². The van der Waals surface area contributed by atoms with E-state index in [4.69, 9.17) is 21.1 Å². The molecule has 0 atom stereocenters. The van der Waals surface area contributed by atoms with E-state index in [-0.39, 0.29) is 12.6 Å². The third kappa shape index (κ3) is 3.18. The van der Waals surface area contributed by atoms with Crippen molar-refractivity contribution in [3.63, 3.8) is 0 Å². The maximum absolute atomic E-state index is 13.0. The third-order valence-electron chi connectivity index (χ3n) is 4.88. The summed E-state index contributed by atoms with van der Waals surface area (Å²) in [4.78, 5) is 13.0. The summed E-state index contributed by atoms with van der Waals surface area (Å²) in [5.41, 5.74) is 2.63. The van der Waals surface area contributed by atoms with Crippen LogP contribution in [-0.4, -0.2) is 34.6 Å². The van der Waals surface area contributed by atoms with Gasteiger partial charge in [0.1, 0.15) is 17.6 Å². The Morgan fingerprint density at radius 3 is 2.62 bits per heavy atom. The number of rotatable bonds is 4. The normalized spacial score (nSPS) is 16.5. The summed E-state index contributed by atoms with van der Waals surface area (Å²) in [5.74, 6) is -0.233. The fraction of sp³-hybridized carbons (Fsp3) is 0.316. The molecule has 0 bridgehead atoms. The molecular formula is C19H18ClN3O3. The zero-order chi connectivity index (χ0) is 18.0. The SMILES string of the molecule is O=C(OCc1ccc2n[nH]nc2c1)C1(c2ccc(Cl)cc2)CCOCC1. The van der Waals surface area contributed by atoms with Crippen LogP contribution in [0.2, 0.25) is 5.02 Å². The van der Waals surface area contributed by atoms with Crippen molar-refractivity contribution >= 4 is 28.6 Å². The van der Waals surface area contributed by atoms with Crippen molar-refractivity contribution in [2.75, 3.05) is 13.2 Å². The monoisotopic (exact) mass is 371 g/mol. The zero-order valence-electron chi connectivity index (χ0n) is 14.1. The van der Waals surface area contributed by atoms with Crippen LogP contribution in [0.15, 0.2) is 42.5 Å². The van der Waals surface area contributed by atoms with Crippen LogP contribution in [0.3, 0.4) is 0 Å². The molecular weight excluding hydrogens is 354 g/mol. The molecule has 134 valence electrons. The third-order valence-corrected chi connectivity index (χ3v) is 5.14. The lowest BCUT2D eigenvalue weighted by Crippen LogP contribution is -2.42. The van der Waals surface area contributed by atoms with Gasteiger partial charge in [0.25, 0.3) is 0 Å². The summed E-state index contributed by atoms with van der Waals surface area (Å²) in [6, 6.07) is 13.0. The van der Waals surface area contributed by atoms with Gasteiger partial charge >= 0.3 is 5.97 Å². The van der Waals surface area contributed by atoms with E-state index >= 15 is 0 Å². The molecule has 1 fully saturated rings. The molecule has 0 saturated carbocycles. The van der Waals surface area contributed by atoms with Gasteiger partial charge in [-0.25, -0.2) is 0 Å². The summed E-state index contributed by atoms with van der Waals surface area (Å²) in [7, 11) is 0. The number of benzene rings is 2. The lowest BCUT2D eigenvalue weighted by atomic mass is 9.74.